The minimum atomic E-state index is -0.834. The molecule has 1 unspecified atom stereocenters. The Morgan fingerprint density at radius 3 is 2.73 bits per heavy atom. The fourth-order valence-corrected chi connectivity index (χ4v) is 3.34. The zero-order chi connectivity index (χ0) is 18.7. The highest BCUT2D eigenvalue weighted by Gasteiger charge is 2.30. The second-order valence-electron chi connectivity index (χ2n) is 7.52. The van der Waals surface area contributed by atoms with E-state index in [0.717, 1.165) is 23.5 Å². The van der Waals surface area contributed by atoms with E-state index in [4.69, 9.17) is 14.6 Å². The van der Waals surface area contributed by atoms with Crippen LogP contribution < -0.4 is 14.8 Å². The van der Waals surface area contributed by atoms with Crippen molar-refractivity contribution in [3.05, 3.63) is 23.8 Å². The molecule has 2 heterocycles. The minimum Gasteiger partial charge on any atom is -0.486 e. The molecular weight excluding hydrogens is 336 g/mol. The first kappa shape index (κ1) is 18.4. The van der Waals surface area contributed by atoms with Gasteiger partial charge in [-0.25, -0.2) is 4.79 Å². The fraction of sp³-hybridized carbons (Fsp3) is 0.579. The third kappa shape index (κ3) is 4.03. The number of carboxylic acid groups (broad SMARTS) is 1. The summed E-state index contributed by atoms with van der Waals surface area (Å²) in [6, 6.07) is 5.64. The van der Waals surface area contributed by atoms with Gasteiger partial charge in [-0.2, -0.15) is 0 Å². The van der Waals surface area contributed by atoms with E-state index < -0.39 is 11.9 Å². The lowest BCUT2D eigenvalue weighted by atomic mass is 9.84. The number of fused-ring (bicyclic) bond motifs is 1. The quantitative estimate of drug-likeness (QED) is 0.858. The molecule has 0 bridgehead atoms. The van der Waals surface area contributed by atoms with E-state index in [0.29, 0.717) is 32.7 Å². The van der Waals surface area contributed by atoms with Crippen LogP contribution in [-0.2, 0) is 10.2 Å². The number of hydrogen-bond donors (Lipinski definition) is 2. The first-order chi connectivity index (χ1) is 12.4. The molecule has 2 aliphatic heterocycles. The van der Waals surface area contributed by atoms with Crippen LogP contribution in [0.25, 0.3) is 0 Å². The van der Waals surface area contributed by atoms with Crippen molar-refractivity contribution in [3.8, 4) is 11.5 Å². The number of piperidine rings is 1. The summed E-state index contributed by atoms with van der Waals surface area (Å²) in [6.07, 6.45) is 1.34. The van der Waals surface area contributed by atoms with E-state index in [1.807, 2.05) is 18.2 Å². The molecule has 0 aliphatic carbocycles. The molecule has 1 fully saturated rings. The van der Waals surface area contributed by atoms with E-state index in [1.165, 1.54) is 0 Å². The number of rotatable bonds is 4. The smallest absolute Gasteiger partial charge is 0.317 e. The molecule has 1 aromatic carbocycles. The van der Waals surface area contributed by atoms with E-state index >= 15 is 0 Å². The van der Waals surface area contributed by atoms with E-state index in [-0.39, 0.29) is 18.0 Å². The Morgan fingerprint density at radius 1 is 1.27 bits per heavy atom. The van der Waals surface area contributed by atoms with Crippen molar-refractivity contribution < 1.29 is 24.2 Å². The van der Waals surface area contributed by atoms with Gasteiger partial charge in [0.2, 0.25) is 0 Å². The van der Waals surface area contributed by atoms with Crippen molar-refractivity contribution in [1.82, 2.24) is 10.2 Å². The number of ether oxygens (including phenoxy) is 2. The molecule has 3 rings (SSSR count). The number of carbonyl (C=O) groups is 2. The molecule has 0 spiro atoms. The van der Waals surface area contributed by atoms with Crippen molar-refractivity contribution in [2.45, 2.75) is 32.1 Å². The molecular formula is C19H26N2O5. The molecule has 1 aromatic rings. The van der Waals surface area contributed by atoms with Gasteiger partial charge in [-0.05, 0) is 30.5 Å². The summed E-state index contributed by atoms with van der Waals surface area (Å²) >= 11 is 0. The lowest BCUT2D eigenvalue weighted by molar-refractivity contribution is -0.143. The van der Waals surface area contributed by atoms with Crippen molar-refractivity contribution >= 4 is 12.0 Å². The van der Waals surface area contributed by atoms with Crippen LogP contribution in [0.2, 0.25) is 0 Å². The number of aliphatic carboxylic acids is 1. The van der Waals surface area contributed by atoms with Crippen LogP contribution in [-0.4, -0.2) is 54.9 Å². The Kier molecular flexibility index (Phi) is 5.25. The van der Waals surface area contributed by atoms with Crippen LogP contribution in [0.5, 0.6) is 11.5 Å². The lowest BCUT2D eigenvalue weighted by Crippen LogP contribution is -2.49. The van der Waals surface area contributed by atoms with Crippen molar-refractivity contribution in [2.75, 3.05) is 32.8 Å². The average Bonchev–Trinajstić information content (AvgIpc) is 2.65. The summed E-state index contributed by atoms with van der Waals surface area (Å²) in [7, 11) is 0. The third-order valence-corrected chi connectivity index (χ3v) is 5.06. The van der Waals surface area contributed by atoms with Gasteiger partial charge < -0.3 is 24.8 Å². The summed E-state index contributed by atoms with van der Waals surface area (Å²) in [6.45, 7) is 6.50. The van der Waals surface area contributed by atoms with Gasteiger partial charge in [0, 0.05) is 25.0 Å². The van der Waals surface area contributed by atoms with Gasteiger partial charge in [-0.15, -0.1) is 0 Å². The van der Waals surface area contributed by atoms with E-state index in [2.05, 4.69) is 19.2 Å². The van der Waals surface area contributed by atoms with Gasteiger partial charge >= 0.3 is 12.0 Å². The molecule has 7 nitrogen and oxygen atoms in total. The SMILES string of the molecule is CC(C)(CNC(=O)N1CCCC(C(=O)O)C1)c1ccc2c(c1)OCCO2. The number of amides is 2. The van der Waals surface area contributed by atoms with Gasteiger partial charge in [0.05, 0.1) is 5.92 Å². The van der Waals surface area contributed by atoms with Crippen LogP contribution in [0.1, 0.15) is 32.3 Å². The Balaban J connectivity index is 1.61. The Labute approximate surface area is 153 Å². The number of benzene rings is 1. The number of carbonyl (C=O) groups excluding carboxylic acids is 1. The van der Waals surface area contributed by atoms with Crippen molar-refractivity contribution in [1.29, 1.82) is 0 Å². The van der Waals surface area contributed by atoms with Crippen LogP contribution in [0.15, 0.2) is 18.2 Å². The van der Waals surface area contributed by atoms with Gasteiger partial charge in [0.15, 0.2) is 11.5 Å². The highest BCUT2D eigenvalue weighted by atomic mass is 16.6. The maximum absolute atomic E-state index is 12.5. The average molecular weight is 362 g/mol. The monoisotopic (exact) mass is 362 g/mol. The highest BCUT2D eigenvalue weighted by molar-refractivity contribution is 5.76. The zero-order valence-electron chi connectivity index (χ0n) is 15.3. The number of carboxylic acids is 1. The summed E-state index contributed by atoms with van der Waals surface area (Å²) in [5, 5.41) is 12.1. The first-order valence-corrected chi connectivity index (χ1v) is 9.02. The topological polar surface area (TPSA) is 88.1 Å². The minimum absolute atomic E-state index is 0.207. The molecule has 26 heavy (non-hydrogen) atoms. The maximum atomic E-state index is 12.5. The first-order valence-electron chi connectivity index (χ1n) is 9.02. The normalized spacial score (nSPS) is 19.8. The van der Waals surface area contributed by atoms with E-state index in [9.17, 15) is 9.59 Å². The number of hydrogen-bond acceptors (Lipinski definition) is 4. The summed E-state index contributed by atoms with van der Waals surface area (Å²) in [5.74, 6) is 0.167. The predicted molar refractivity (Wildman–Crippen MR) is 95.8 cm³/mol. The molecule has 1 atom stereocenters. The van der Waals surface area contributed by atoms with Gasteiger partial charge in [0.25, 0.3) is 0 Å². The zero-order valence-corrected chi connectivity index (χ0v) is 15.3. The molecule has 2 N–H and O–H groups in total. The Bertz CT molecular complexity index is 689. The van der Waals surface area contributed by atoms with Crippen LogP contribution in [0, 0.1) is 5.92 Å². The lowest BCUT2D eigenvalue weighted by Gasteiger charge is -2.33. The van der Waals surface area contributed by atoms with Gasteiger partial charge in [-0.3, -0.25) is 4.79 Å². The second-order valence-corrected chi connectivity index (χ2v) is 7.52. The summed E-state index contributed by atoms with van der Waals surface area (Å²) < 4.78 is 11.2. The molecule has 0 aromatic heterocycles. The number of urea groups is 1. The largest absolute Gasteiger partial charge is 0.486 e. The maximum Gasteiger partial charge on any atom is 0.317 e. The van der Waals surface area contributed by atoms with Gasteiger partial charge in [-0.1, -0.05) is 19.9 Å². The predicted octanol–water partition coefficient (Wildman–Crippen LogP) is 2.24. The summed E-state index contributed by atoms with van der Waals surface area (Å²) in [4.78, 5) is 25.2. The summed E-state index contributed by atoms with van der Waals surface area (Å²) in [5.41, 5.74) is 0.747. The Hall–Kier alpha value is -2.44. The van der Waals surface area contributed by atoms with Crippen LogP contribution >= 0.6 is 0 Å². The van der Waals surface area contributed by atoms with Crippen molar-refractivity contribution in [2.24, 2.45) is 5.92 Å². The Morgan fingerprint density at radius 2 is 2.00 bits per heavy atom. The third-order valence-electron chi connectivity index (χ3n) is 5.06. The molecule has 2 amide bonds. The van der Waals surface area contributed by atoms with E-state index in [1.54, 1.807) is 4.90 Å². The number of likely N-dealkylation sites (tertiary alicyclic amines) is 1. The van der Waals surface area contributed by atoms with Crippen molar-refractivity contribution in [3.63, 3.8) is 0 Å². The molecule has 142 valence electrons. The molecule has 2 aliphatic rings. The molecule has 1 saturated heterocycles. The molecule has 7 heteroatoms. The number of nitrogens with one attached hydrogen (secondary N) is 1. The fourth-order valence-electron chi connectivity index (χ4n) is 3.34. The molecule has 0 saturated carbocycles. The standard InChI is InChI=1S/C19H26N2O5/c1-19(2,14-5-6-15-16(10-14)26-9-8-25-15)12-20-18(24)21-7-3-4-13(11-21)17(22)23/h5-6,10,13H,3-4,7-9,11-12H2,1-2H3,(H,20,24)(H,22,23). The van der Waals surface area contributed by atoms with Crippen LogP contribution in [0.3, 0.4) is 0 Å². The number of nitrogens with zero attached hydrogens (tertiary/aromatic N) is 1. The highest BCUT2D eigenvalue weighted by Crippen LogP contribution is 2.35. The molecule has 0 radical (unpaired) electrons. The van der Waals surface area contributed by atoms with Gasteiger partial charge in [0.1, 0.15) is 13.2 Å². The van der Waals surface area contributed by atoms with Crippen LogP contribution in [0.4, 0.5) is 4.79 Å². The second kappa shape index (κ2) is 7.43.